The lowest BCUT2D eigenvalue weighted by molar-refractivity contribution is 0.633. The molecule has 0 saturated heterocycles. The van der Waals surface area contributed by atoms with Crippen molar-refractivity contribution in [1.29, 1.82) is 0 Å². The Morgan fingerprint density at radius 1 is 1.06 bits per heavy atom. The number of benzene rings is 1. The van der Waals surface area contributed by atoms with Gasteiger partial charge in [0.15, 0.2) is 0 Å². The van der Waals surface area contributed by atoms with Gasteiger partial charge in [0, 0.05) is 23.0 Å². The Morgan fingerprint density at radius 2 is 1.59 bits per heavy atom. The first-order valence-electron chi connectivity index (χ1n) is 5.78. The van der Waals surface area contributed by atoms with Crippen molar-refractivity contribution >= 4 is 28.9 Å². The summed E-state index contributed by atoms with van der Waals surface area (Å²) in [5, 5.41) is 3.49. The average molecular weight is 276 g/mol. The standard InChI is InChI=1S/C12H19N.C2H4Cl2/c1-9-7-6-8-11(10(9)2)13-12(3,4)5;3-1-2-4/h6-8,13H,1-5H3;1-2H2. The normalized spacial score (nSPS) is 10.5. The predicted octanol–water partition coefficient (Wildman–Crippen LogP) is 4.98. The van der Waals surface area contributed by atoms with E-state index < -0.39 is 0 Å². The maximum atomic E-state index is 5.05. The highest BCUT2D eigenvalue weighted by Gasteiger charge is 2.10. The lowest BCUT2D eigenvalue weighted by Crippen LogP contribution is -2.26. The monoisotopic (exact) mass is 275 g/mol. The number of hydrogen-bond acceptors (Lipinski definition) is 1. The number of alkyl halides is 2. The van der Waals surface area contributed by atoms with Gasteiger partial charge in [-0.2, -0.15) is 0 Å². The summed E-state index contributed by atoms with van der Waals surface area (Å²) < 4.78 is 0. The van der Waals surface area contributed by atoms with E-state index in [1.54, 1.807) is 0 Å². The highest BCUT2D eigenvalue weighted by molar-refractivity contribution is 6.25. The Hall–Kier alpha value is -0.400. The summed E-state index contributed by atoms with van der Waals surface area (Å²) in [7, 11) is 0. The molecule has 0 aliphatic heterocycles. The van der Waals surface area contributed by atoms with Crippen LogP contribution in [0.5, 0.6) is 0 Å². The molecule has 0 saturated carbocycles. The van der Waals surface area contributed by atoms with Crippen LogP contribution in [-0.2, 0) is 0 Å². The van der Waals surface area contributed by atoms with E-state index in [-0.39, 0.29) is 5.54 Å². The van der Waals surface area contributed by atoms with Gasteiger partial charge in [-0.3, -0.25) is 0 Å². The van der Waals surface area contributed by atoms with Crippen LogP contribution in [-0.4, -0.2) is 17.3 Å². The number of rotatable bonds is 2. The smallest absolute Gasteiger partial charge is 0.0376 e. The molecular weight excluding hydrogens is 253 g/mol. The zero-order valence-corrected chi connectivity index (χ0v) is 12.9. The number of aryl methyl sites for hydroxylation is 1. The second kappa shape index (κ2) is 7.84. The fourth-order valence-corrected chi connectivity index (χ4v) is 1.29. The van der Waals surface area contributed by atoms with Crippen LogP contribution in [0.2, 0.25) is 0 Å². The van der Waals surface area contributed by atoms with Gasteiger partial charge in [-0.05, 0) is 51.8 Å². The third kappa shape index (κ3) is 7.51. The van der Waals surface area contributed by atoms with Crippen molar-refractivity contribution in [3.8, 4) is 0 Å². The summed E-state index contributed by atoms with van der Waals surface area (Å²) >= 11 is 10.1. The van der Waals surface area contributed by atoms with E-state index in [4.69, 9.17) is 23.2 Å². The van der Waals surface area contributed by atoms with Gasteiger partial charge in [-0.1, -0.05) is 12.1 Å². The molecule has 0 spiro atoms. The molecule has 1 rings (SSSR count). The zero-order valence-electron chi connectivity index (χ0n) is 11.4. The molecule has 0 heterocycles. The molecular formula is C14H23Cl2N. The van der Waals surface area contributed by atoms with Gasteiger partial charge in [0.05, 0.1) is 0 Å². The van der Waals surface area contributed by atoms with Crippen molar-refractivity contribution in [2.45, 2.75) is 40.2 Å². The quantitative estimate of drug-likeness (QED) is 0.751. The molecule has 0 aliphatic rings. The maximum absolute atomic E-state index is 5.05. The lowest BCUT2D eigenvalue weighted by atomic mass is 10.0. The zero-order chi connectivity index (χ0) is 13.5. The van der Waals surface area contributed by atoms with E-state index in [0.717, 1.165) is 0 Å². The number of anilines is 1. The summed E-state index contributed by atoms with van der Waals surface area (Å²) in [5.74, 6) is 1.11. The van der Waals surface area contributed by atoms with Gasteiger partial charge in [0.1, 0.15) is 0 Å². The molecule has 0 aromatic heterocycles. The molecule has 0 aliphatic carbocycles. The Balaban J connectivity index is 0.000000557. The Bertz CT molecular complexity index is 327. The summed E-state index contributed by atoms with van der Waals surface area (Å²) in [4.78, 5) is 0. The van der Waals surface area contributed by atoms with Crippen molar-refractivity contribution in [3.63, 3.8) is 0 Å². The first kappa shape index (κ1) is 16.6. The largest absolute Gasteiger partial charge is 0.380 e. The van der Waals surface area contributed by atoms with Gasteiger partial charge in [-0.15, -0.1) is 23.2 Å². The van der Waals surface area contributed by atoms with Crippen molar-refractivity contribution < 1.29 is 0 Å². The Morgan fingerprint density at radius 3 is 2.00 bits per heavy atom. The van der Waals surface area contributed by atoms with E-state index in [9.17, 15) is 0 Å². The summed E-state index contributed by atoms with van der Waals surface area (Å²) in [6.07, 6.45) is 0. The van der Waals surface area contributed by atoms with Crippen LogP contribution in [0.15, 0.2) is 18.2 Å². The molecule has 0 bridgehead atoms. The highest BCUT2D eigenvalue weighted by Crippen LogP contribution is 2.21. The second-order valence-electron chi connectivity index (χ2n) is 5.00. The molecule has 3 heteroatoms. The van der Waals surface area contributed by atoms with Crippen LogP contribution in [0, 0.1) is 13.8 Å². The van der Waals surface area contributed by atoms with Gasteiger partial charge >= 0.3 is 0 Å². The topological polar surface area (TPSA) is 12.0 Å². The van der Waals surface area contributed by atoms with E-state index >= 15 is 0 Å². The fraction of sp³-hybridized carbons (Fsp3) is 0.571. The average Bonchev–Trinajstić information content (AvgIpc) is 2.23. The second-order valence-corrected chi connectivity index (χ2v) is 5.76. The van der Waals surface area contributed by atoms with Crippen LogP contribution in [0.25, 0.3) is 0 Å². The predicted molar refractivity (Wildman–Crippen MR) is 80.7 cm³/mol. The van der Waals surface area contributed by atoms with Crippen molar-refractivity contribution in [3.05, 3.63) is 29.3 Å². The molecule has 17 heavy (non-hydrogen) atoms. The van der Waals surface area contributed by atoms with Crippen molar-refractivity contribution in [2.24, 2.45) is 0 Å². The van der Waals surface area contributed by atoms with Crippen molar-refractivity contribution in [2.75, 3.05) is 17.1 Å². The first-order valence-corrected chi connectivity index (χ1v) is 6.85. The molecule has 0 unspecified atom stereocenters. The molecule has 1 N–H and O–H groups in total. The minimum atomic E-state index is 0.137. The number of hydrogen-bond donors (Lipinski definition) is 1. The van der Waals surface area contributed by atoms with E-state index in [1.807, 2.05) is 0 Å². The van der Waals surface area contributed by atoms with E-state index in [0.29, 0.717) is 11.8 Å². The minimum absolute atomic E-state index is 0.137. The molecule has 1 aromatic carbocycles. The molecule has 1 aromatic rings. The van der Waals surface area contributed by atoms with Crippen LogP contribution < -0.4 is 5.32 Å². The molecule has 0 amide bonds. The summed E-state index contributed by atoms with van der Waals surface area (Å²) in [5.41, 5.74) is 4.07. The Kier molecular flexibility index (Phi) is 7.65. The molecule has 1 nitrogen and oxygen atoms in total. The first-order chi connectivity index (χ1) is 7.81. The third-order valence-corrected chi connectivity index (χ3v) is 2.76. The van der Waals surface area contributed by atoms with Crippen molar-refractivity contribution in [1.82, 2.24) is 0 Å². The van der Waals surface area contributed by atoms with Crippen LogP contribution >= 0.6 is 23.2 Å². The van der Waals surface area contributed by atoms with Crippen LogP contribution in [0.3, 0.4) is 0 Å². The fourth-order valence-electron chi connectivity index (χ4n) is 1.29. The molecule has 0 radical (unpaired) electrons. The summed E-state index contributed by atoms with van der Waals surface area (Å²) in [6, 6.07) is 6.37. The van der Waals surface area contributed by atoms with E-state index in [1.165, 1.54) is 16.8 Å². The van der Waals surface area contributed by atoms with E-state index in [2.05, 4.69) is 58.1 Å². The maximum Gasteiger partial charge on any atom is 0.0376 e. The van der Waals surface area contributed by atoms with Gasteiger partial charge < -0.3 is 5.32 Å². The molecule has 0 atom stereocenters. The molecule has 0 fully saturated rings. The number of nitrogens with one attached hydrogen (secondary N) is 1. The Labute approximate surface area is 116 Å². The minimum Gasteiger partial charge on any atom is -0.380 e. The van der Waals surface area contributed by atoms with Gasteiger partial charge in [0.2, 0.25) is 0 Å². The highest BCUT2D eigenvalue weighted by atomic mass is 35.5. The van der Waals surface area contributed by atoms with Crippen LogP contribution in [0.4, 0.5) is 5.69 Å². The summed E-state index contributed by atoms with van der Waals surface area (Å²) in [6.45, 7) is 10.8. The van der Waals surface area contributed by atoms with Gasteiger partial charge in [-0.25, -0.2) is 0 Å². The number of halogens is 2. The van der Waals surface area contributed by atoms with Crippen LogP contribution in [0.1, 0.15) is 31.9 Å². The molecule has 98 valence electrons. The lowest BCUT2D eigenvalue weighted by Gasteiger charge is -2.24. The third-order valence-electron chi connectivity index (χ3n) is 2.19. The SMILES string of the molecule is Cc1cccc(NC(C)(C)C)c1C.ClCCCl. The van der Waals surface area contributed by atoms with Gasteiger partial charge in [0.25, 0.3) is 0 Å².